The zero-order valence-electron chi connectivity index (χ0n) is 14.8. The molecule has 0 bridgehead atoms. The van der Waals surface area contributed by atoms with Crippen LogP contribution >= 0.6 is 0 Å². The molecule has 1 fully saturated rings. The first-order valence-corrected chi connectivity index (χ1v) is 8.78. The van der Waals surface area contributed by atoms with Crippen molar-refractivity contribution >= 4 is 11.6 Å². The Hall–Kier alpha value is -2.39. The summed E-state index contributed by atoms with van der Waals surface area (Å²) >= 11 is 0. The smallest absolute Gasteiger partial charge is 0.336 e. The normalized spacial score (nSPS) is 16.4. The molecule has 6 nitrogen and oxygen atoms in total. The topological polar surface area (TPSA) is 53.4 Å². The third kappa shape index (κ3) is 5.80. The van der Waals surface area contributed by atoms with Crippen LogP contribution in [0.25, 0.3) is 0 Å². The highest BCUT2D eigenvalue weighted by Crippen LogP contribution is 2.29. The maximum absolute atomic E-state index is 12.6. The molecule has 1 aromatic heterocycles. The van der Waals surface area contributed by atoms with Gasteiger partial charge in [-0.25, -0.2) is 4.98 Å². The Morgan fingerprint density at radius 2 is 1.70 bits per heavy atom. The molecule has 2 heterocycles. The van der Waals surface area contributed by atoms with Crippen LogP contribution in [0, 0.1) is 0 Å². The van der Waals surface area contributed by atoms with Gasteiger partial charge in [0.15, 0.2) is 0 Å². The number of piperazine rings is 1. The van der Waals surface area contributed by atoms with Crippen molar-refractivity contribution in [3.05, 3.63) is 48.5 Å². The number of anilines is 1. The van der Waals surface area contributed by atoms with Gasteiger partial charge in [0.1, 0.15) is 0 Å². The van der Waals surface area contributed by atoms with E-state index >= 15 is 0 Å². The molecule has 1 amide bonds. The second-order valence-electron chi connectivity index (χ2n) is 6.54. The Morgan fingerprint density at radius 1 is 1.04 bits per heavy atom. The second-order valence-corrected chi connectivity index (χ2v) is 6.54. The number of aromatic nitrogens is 2. The van der Waals surface area contributed by atoms with Crippen molar-refractivity contribution in [2.75, 3.05) is 44.6 Å². The fourth-order valence-corrected chi connectivity index (χ4v) is 2.99. The van der Waals surface area contributed by atoms with E-state index in [4.69, 9.17) is 0 Å². The molecule has 146 valence electrons. The van der Waals surface area contributed by atoms with Gasteiger partial charge < -0.3 is 9.88 Å². The molecule has 1 N–H and O–H groups in total. The number of carbonyl (C=O) groups is 1. The number of hydrogen-bond acceptors (Lipinski definition) is 4. The van der Waals surface area contributed by atoms with Crippen LogP contribution in [0.4, 0.5) is 18.9 Å². The number of hydrogen-bond donors (Lipinski definition) is 1. The number of alkyl halides is 3. The third-order valence-corrected chi connectivity index (χ3v) is 4.56. The minimum atomic E-state index is -4.37. The van der Waals surface area contributed by atoms with Crippen molar-refractivity contribution in [3.8, 4) is 0 Å². The summed E-state index contributed by atoms with van der Waals surface area (Å²) in [6, 6.07) is 4.48. The highest BCUT2D eigenvalue weighted by Gasteiger charge is 2.30. The highest BCUT2D eigenvalue weighted by atomic mass is 19.4. The van der Waals surface area contributed by atoms with Gasteiger partial charge >= 0.3 is 6.18 Å². The molecule has 1 saturated heterocycles. The van der Waals surface area contributed by atoms with Gasteiger partial charge in [0.25, 0.3) is 0 Å². The molecule has 0 aliphatic carbocycles. The van der Waals surface area contributed by atoms with Crippen LogP contribution in [0.2, 0.25) is 0 Å². The lowest BCUT2D eigenvalue weighted by Gasteiger charge is -2.34. The molecule has 2 aromatic rings. The van der Waals surface area contributed by atoms with Crippen LogP contribution in [0.1, 0.15) is 5.56 Å². The summed E-state index contributed by atoms with van der Waals surface area (Å²) < 4.78 is 39.7. The summed E-state index contributed by atoms with van der Waals surface area (Å²) in [5.41, 5.74) is -0.362. The lowest BCUT2D eigenvalue weighted by molar-refractivity contribution is -0.137. The van der Waals surface area contributed by atoms with Crippen molar-refractivity contribution in [1.82, 2.24) is 19.4 Å². The van der Waals surface area contributed by atoms with Gasteiger partial charge in [-0.05, 0) is 24.3 Å². The van der Waals surface area contributed by atoms with Crippen molar-refractivity contribution in [2.24, 2.45) is 0 Å². The van der Waals surface area contributed by atoms with Crippen LogP contribution < -0.4 is 5.32 Å². The summed E-state index contributed by atoms with van der Waals surface area (Å²) in [7, 11) is 0. The van der Waals surface area contributed by atoms with E-state index < -0.39 is 11.7 Å². The maximum Gasteiger partial charge on any atom is 0.416 e. The Kier molecular flexibility index (Phi) is 6.12. The van der Waals surface area contributed by atoms with Gasteiger partial charge in [-0.3, -0.25) is 14.6 Å². The molecular formula is C18H22F3N5O. The standard InChI is InChI=1S/C18H22F3N5O/c19-18(20,21)15-1-3-16(4-2-15)23-17(27)13-25-10-7-24(8-11-25)9-12-26-6-5-22-14-26/h1-6,14H,7-13H2,(H,23,27). The molecule has 0 saturated carbocycles. The van der Waals surface area contributed by atoms with Crippen molar-refractivity contribution < 1.29 is 18.0 Å². The Balaban J connectivity index is 1.39. The Morgan fingerprint density at radius 3 is 2.30 bits per heavy atom. The monoisotopic (exact) mass is 381 g/mol. The number of rotatable bonds is 6. The molecule has 0 unspecified atom stereocenters. The first kappa shape index (κ1) is 19.4. The van der Waals surface area contributed by atoms with E-state index in [1.54, 1.807) is 12.5 Å². The number of halogens is 3. The van der Waals surface area contributed by atoms with Gasteiger partial charge in [-0.2, -0.15) is 13.2 Å². The van der Waals surface area contributed by atoms with Crippen LogP contribution in [0.5, 0.6) is 0 Å². The summed E-state index contributed by atoms with van der Waals surface area (Å²) in [5.74, 6) is -0.221. The molecular weight excluding hydrogens is 359 g/mol. The number of nitrogens with zero attached hydrogens (tertiary/aromatic N) is 4. The third-order valence-electron chi connectivity index (χ3n) is 4.56. The number of benzene rings is 1. The van der Waals surface area contributed by atoms with Crippen molar-refractivity contribution in [3.63, 3.8) is 0 Å². The molecule has 0 radical (unpaired) electrons. The average molecular weight is 381 g/mol. The fourth-order valence-electron chi connectivity index (χ4n) is 2.99. The van der Waals surface area contributed by atoms with Gasteiger partial charge in [0.2, 0.25) is 5.91 Å². The molecule has 1 aromatic carbocycles. The molecule has 27 heavy (non-hydrogen) atoms. The first-order chi connectivity index (χ1) is 12.9. The molecule has 1 aliphatic heterocycles. The lowest BCUT2D eigenvalue weighted by atomic mass is 10.2. The second kappa shape index (κ2) is 8.53. The number of carbonyl (C=O) groups excluding carboxylic acids is 1. The molecule has 0 spiro atoms. The predicted molar refractivity (Wildman–Crippen MR) is 95.2 cm³/mol. The van der Waals surface area contributed by atoms with Crippen LogP contribution in [-0.4, -0.2) is 64.5 Å². The summed E-state index contributed by atoms with van der Waals surface area (Å²) in [5, 5.41) is 2.65. The lowest BCUT2D eigenvalue weighted by Crippen LogP contribution is -2.49. The van der Waals surface area contributed by atoms with E-state index in [2.05, 4.69) is 15.2 Å². The van der Waals surface area contributed by atoms with E-state index in [9.17, 15) is 18.0 Å². The summed E-state index contributed by atoms with van der Waals surface area (Å²) in [4.78, 5) is 20.5. The Bertz CT molecular complexity index is 722. The average Bonchev–Trinajstić information content (AvgIpc) is 3.14. The summed E-state index contributed by atoms with van der Waals surface area (Å²) in [6.07, 6.45) is 1.11. The predicted octanol–water partition coefficient (Wildman–Crippen LogP) is 2.16. The van der Waals surface area contributed by atoms with Gasteiger partial charge in [0.05, 0.1) is 18.4 Å². The SMILES string of the molecule is O=C(CN1CCN(CCn2ccnc2)CC1)Nc1ccc(C(F)(F)F)cc1. The quantitative estimate of drug-likeness (QED) is 0.833. The van der Waals surface area contributed by atoms with Crippen molar-refractivity contribution in [1.29, 1.82) is 0 Å². The van der Waals surface area contributed by atoms with Crippen molar-refractivity contribution in [2.45, 2.75) is 12.7 Å². The van der Waals surface area contributed by atoms with E-state index in [-0.39, 0.29) is 12.5 Å². The van der Waals surface area contributed by atoms with Crippen LogP contribution in [0.15, 0.2) is 43.0 Å². The molecule has 1 aliphatic rings. The number of amides is 1. The minimum Gasteiger partial charge on any atom is -0.336 e. The maximum atomic E-state index is 12.6. The fraction of sp³-hybridized carbons (Fsp3) is 0.444. The van der Waals surface area contributed by atoms with Crippen LogP contribution in [-0.2, 0) is 17.5 Å². The summed E-state index contributed by atoms with van der Waals surface area (Å²) in [6.45, 7) is 5.37. The van der Waals surface area contributed by atoms with E-state index in [1.807, 2.05) is 15.7 Å². The molecule has 9 heteroatoms. The molecule has 3 rings (SSSR count). The van der Waals surface area contributed by atoms with Gasteiger partial charge in [-0.15, -0.1) is 0 Å². The zero-order valence-corrected chi connectivity index (χ0v) is 14.8. The Labute approximate surface area is 155 Å². The first-order valence-electron chi connectivity index (χ1n) is 8.78. The van der Waals surface area contributed by atoms with Crippen LogP contribution in [0.3, 0.4) is 0 Å². The van der Waals surface area contributed by atoms with E-state index in [1.165, 1.54) is 12.1 Å². The van der Waals surface area contributed by atoms with Gasteiger partial charge in [0, 0.05) is 57.3 Å². The van der Waals surface area contributed by atoms with Gasteiger partial charge in [-0.1, -0.05) is 0 Å². The van der Waals surface area contributed by atoms with E-state index in [0.717, 1.165) is 51.4 Å². The van der Waals surface area contributed by atoms with E-state index in [0.29, 0.717) is 5.69 Å². The largest absolute Gasteiger partial charge is 0.416 e. The molecule has 0 atom stereocenters. The number of imidazole rings is 1. The highest BCUT2D eigenvalue weighted by molar-refractivity contribution is 5.92. The zero-order chi connectivity index (χ0) is 19.3. The minimum absolute atomic E-state index is 0.221. The number of nitrogens with one attached hydrogen (secondary N) is 1.